The summed E-state index contributed by atoms with van der Waals surface area (Å²) in [5.74, 6) is 0. The van der Waals surface area contributed by atoms with Gasteiger partial charge in [0.2, 0.25) is 0 Å². The van der Waals surface area contributed by atoms with Crippen molar-refractivity contribution in [2.75, 3.05) is 0 Å². The first-order valence-corrected chi connectivity index (χ1v) is 11.8. The molecular weight excluding hydrogens is 430 g/mol. The van der Waals surface area contributed by atoms with Gasteiger partial charge in [-0.25, -0.2) is 0 Å². The van der Waals surface area contributed by atoms with E-state index in [0.29, 0.717) is 0 Å². The molecule has 0 unspecified atom stereocenters. The van der Waals surface area contributed by atoms with Crippen LogP contribution in [0.1, 0.15) is 0 Å². The van der Waals surface area contributed by atoms with Gasteiger partial charge in [-0.3, -0.25) is 0 Å². The topological polar surface area (TPSA) is 31.2 Å². The molecule has 35 heavy (non-hydrogen) atoms. The minimum Gasteiger partial charge on any atom is -0.456 e. The first-order valence-electron chi connectivity index (χ1n) is 11.8. The van der Waals surface area contributed by atoms with E-state index in [4.69, 9.17) is 8.83 Å². The summed E-state index contributed by atoms with van der Waals surface area (Å²) in [6, 6.07) is 39.9. The summed E-state index contributed by atoms with van der Waals surface area (Å²) in [4.78, 5) is 0. The van der Waals surface area contributed by atoms with Gasteiger partial charge >= 0.3 is 0 Å². The standard InChI is InChI=1S/C32H19NO2/c1-2-10-20(11-3-1)33-25-16-6-4-12-23(25)32-31(33)30-22(15-9-19-28(30)35-32)21-14-8-18-27-29(21)24-13-5-7-17-26(24)34-27/h1-19H. The lowest BCUT2D eigenvalue weighted by Crippen LogP contribution is -1.93. The molecular formula is C32H19NO2. The maximum atomic E-state index is 6.57. The summed E-state index contributed by atoms with van der Waals surface area (Å²) in [7, 11) is 0. The van der Waals surface area contributed by atoms with Gasteiger partial charge in [-0.1, -0.05) is 72.8 Å². The average molecular weight is 450 g/mol. The molecule has 164 valence electrons. The number of aromatic nitrogens is 1. The van der Waals surface area contributed by atoms with Crippen LogP contribution in [0.5, 0.6) is 0 Å². The maximum Gasteiger partial charge on any atom is 0.161 e. The second-order valence-corrected chi connectivity index (χ2v) is 8.92. The Labute approximate surface area is 200 Å². The highest BCUT2D eigenvalue weighted by Crippen LogP contribution is 2.45. The molecule has 0 N–H and O–H groups in total. The lowest BCUT2D eigenvalue weighted by Gasteiger charge is -2.10. The molecule has 0 saturated carbocycles. The van der Waals surface area contributed by atoms with E-state index in [0.717, 1.165) is 71.7 Å². The molecule has 0 aliphatic heterocycles. The van der Waals surface area contributed by atoms with Crippen LogP contribution < -0.4 is 0 Å². The van der Waals surface area contributed by atoms with Crippen LogP contribution in [0.2, 0.25) is 0 Å². The SMILES string of the molecule is c1ccc(-n2c3ccccc3c3oc4cccc(-c5cccc6oc7ccccc7c56)c4c32)cc1. The first kappa shape index (κ1) is 18.6. The molecule has 0 aliphatic carbocycles. The number of furan rings is 2. The first-order chi connectivity index (χ1) is 17.4. The van der Waals surface area contributed by atoms with Crippen molar-refractivity contribution in [3.63, 3.8) is 0 Å². The predicted octanol–water partition coefficient (Wildman–Crippen LogP) is 9.10. The van der Waals surface area contributed by atoms with E-state index in [-0.39, 0.29) is 0 Å². The van der Waals surface area contributed by atoms with E-state index in [1.165, 1.54) is 0 Å². The van der Waals surface area contributed by atoms with Gasteiger partial charge in [0, 0.05) is 21.8 Å². The third-order valence-electron chi connectivity index (χ3n) is 7.01. The van der Waals surface area contributed by atoms with Crippen LogP contribution in [-0.2, 0) is 0 Å². The molecule has 8 aromatic rings. The molecule has 8 rings (SSSR count). The highest BCUT2D eigenvalue weighted by Gasteiger charge is 2.23. The molecule has 0 fully saturated rings. The maximum absolute atomic E-state index is 6.57. The lowest BCUT2D eigenvalue weighted by atomic mass is 9.96. The highest BCUT2D eigenvalue weighted by molar-refractivity contribution is 6.23. The normalized spacial score (nSPS) is 12.0. The molecule has 0 amide bonds. The van der Waals surface area contributed by atoms with E-state index in [9.17, 15) is 0 Å². The van der Waals surface area contributed by atoms with Crippen molar-refractivity contribution < 1.29 is 8.83 Å². The number of hydrogen-bond donors (Lipinski definition) is 0. The molecule has 0 radical (unpaired) electrons. The zero-order valence-corrected chi connectivity index (χ0v) is 18.7. The van der Waals surface area contributed by atoms with Crippen LogP contribution in [0, 0.1) is 0 Å². The summed E-state index contributed by atoms with van der Waals surface area (Å²) in [5, 5.41) is 4.48. The van der Waals surface area contributed by atoms with Gasteiger partial charge in [0.25, 0.3) is 0 Å². The monoisotopic (exact) mass is 449 g/mol. The molecule has 0 spiro atoms. The second-order valence-electron chi connectivity index (χ2n) is 8.92. The Kier molecular flexibility index (Phi) is 3.66. The molecule has 0 bridgehead atoms. The van der Waals surface area contributed by atoms with Gasteiger partial charge in [0.1, 0.15) is 22.3 Å². The van der Waals surface area contributed by atoms with E-state index in [2.05, 4.69) is 102 Å². The summed E-state index contributed by atoms with van der Waals surface area (Å²) in [6.45, 7) is 0. The number of hydrogen-bond acceptors (Lipinski definition) is 2. The van der Waals surface area contributed by atoms with Crippen molar-refractivity contribution in [1.82, 2.24) is 4.57 Å². The number of para-hydroxylation sites is 3. The van der Waals surface area contributed by atoms with Gasteiger partial charge < -0.3 is 13.4 Å². The van der Waals surface area contributed by atoms with Crippen LogP contribution in [0.3, 0.4) is 0 Å². The predicted molar refractivity (Wildman–Crippen MR) is 143 cm³/mol. The molecule has 0 saturated heterocycles. The van der Waals surface area contributed by atoms with E-state index >= 15 is 0 Å². The van der Waals surface area contributed by atoms with Crippen molar-refractivity contribution >= 4 is 54.9 Å². The van der Waals surface area contributed by atoms with Crippen LogP contribution in [0.4, 0.5) is 0 Å². The minimum absolute atomic E-state index is 0.882. The van der Waals surface area contributed by atoms with Crippen molar-refractivity contribution in [3.05, 3.63) is 115 Å². The largest absolute Gasteiger partial charge is 0.456 e. The van der Waals surface area contributed by atoms with Crippen molar-refractivity contribution in [2.45, 2.75) is 0 Å². The molecule has 3 heterocycles. The van der Waals surface area contributed by atoms with Gasteiger partial charge in [-0.2, -0.15) is 0 Å². The van der Waals surface area contributed by atoms with Gasteiger partial charge in [-0.05, 0) is 53.6 Å². The minimum atomic E-state index is 0.882. The lowest BCUT2D eigenvalue weighted by molar-refractivity contribution is 0.669. The molecule has 5 aromatic carbocycles. The summed E-state index contributed by atoms with van der Waals surface area (Å²) < 4.78 is 15.1. The number of rotatable bonds is 2. The van der Waals surface area contributed by atoms with E-state index in [1.54, 1.807) is 0 Å². The Hall–Kier alpha value is -4.76. The third-order valence-corrected chi connectivity index (χ3v) is 7.01. The van der Waals surface area contributed by atoms with Gasteiger partial charge in [-0.15, -0.1) is 0 Å². The Morgan fingerprint density at radius 3 is 1.91 bits per heavy atom. The number of nitrogens with zero attached hydrogens (tertiary/aromatic N) is 1. The van der Waals surface area contributed by atoms with Crippen molar-refractivity contribution in [3.8, 4) is 16.8 Å². The third kappa shape index (κ3) is 2.50. The van der Waals surface area contributed by atoms with Crippen LogP contribution >= 0.6 is 0 Å². The zero-order valence-electron chi connectivity index (χ0n) is 18.7. The highest BCUT2D eigenvalue weighted by atomic mass is 16.3. The Morgan fingerprint density at radius 1 is 0.457 bits per heavy atom. The quantitative estimate of drug-likeness (QED) is 0.263. The van der Waals surface area contributed by atoms with E-state index in [1.807, 2.05) is 18.2 Å². The Balaban J connectivity index is 1.58. The van der Waals surface area contributed by atoms with Crippen LogP contribution in [-0.4, -0.2) is 4.57 Å². The second kappa shape index (κ2) is 6.87. The fourth-order valence-corrected chi connectivity index (χ4v) is 5.58. The van der Waals surface area contributed by atoms with Crippen molar-refractivity contribution in [2.24, 2.45) is 0 Å². The molecule has 3 nitrogen and oxygen atoms in total. The molecule has 0 atom stereocenters. The van der Waals surface area contributed by atoms with Gasteiger partial charge in [0.05, 0.1) is 10.9 Å². The zero-order chi connectivity index (χ0) is 22.9. The smallest absolute Gasteiger partial charge is 0.161 e. The molecule has 3 heteroatoms. The summed E-state index contributed by atoms with van der Waals surface area (Å²) in [6.07, 6.45) is 0. The van der Waals surface area contributed by atoms with E-state index < -0.39 is 0 Å². The van der Waals surface area contributed by atoms with Crippen LogP contribution in [0.15, 0.2) is 124 Å². The fraction of sp³-hybridized carbons (Fsp3) is 0. The number of benzene rings is 5. The Morgan fingerprint density at radius 2 is 1.09 bits per heavy atom. The van der Waals surface area contributed by atoms with Gasteiger partial charge in [0.15, 0.2) is 5.58 Å². The fourth-order valence-electron chi connectivity index (χ4n) is 5.58. The average Bonchev–Trinajstić information content (AvgIpc) is 3.57. The number of fused-ring (bicyclic) bond motifs is 8. The summed E-state index contributed by atoms with van der Waals surface area (Å²) >= 11 is 0. The summed E-state index contributed by atoms with van der Waals surface area (Å²) in [5.41, 5.74) is 9.21. The van der Waals surface area contributed by atoms with Crippen LogP contribution in [0.25, 0.3) is 71.7 Å². The Bertz CT molecular complexity index is 2050. The molecule has 0 aliphatic rings. The molecule has 3 aromatic heterocycles. The van der Waals surface area contributed by atoms with Crippen molar-refractivity contribution in [1.29, 1.82) is 0 Å².